The molecular formula is C22H26BrN3O2S. The van der Waals surface area contributed by atoms with Gasteiger partial charge in [-0.05, 0) is 78.6 Å². The second-order valence-electron chi connectivity index (χ2n) is 7.74. The van der Waals surface area contributed by atoms with Crippen molar-refractivity contribution in [2.45, 2.75) is 25.3 Å². The number of nitrogens with one attached hydrogen (secondary N) is 1. The lowest BCUT2D eigenvalue weighted by atomic mass is 10.0. The maximum atomic E-state index is 13.1. The molecule has 5 nitrogen and oxygen atoms in total. The molecular weight excluding hydrogens is 450 g/mol. The van der Waals surface area contributed by atoms with Crippen LogP contribution < -0.4 is 5.48 Å². The van der Waals surface area contributed by atoms with Gasteiger partial charge >= 0.3 is 0 Å². The van der Waals surface area contributed by atoms with Crippen LogP contribution in [0.1, 0.15) is 33.6 Å². The third-order valence-electron chi connectivity index (χ3n) is 5.85. The van der Waals surface area contributed by atoms with Crippen LogP contribution in [-0.2, 0) is 11.3 Å². The van der Waals surface area contributed by atoms with E-state index in [4.69, 9.17) is 4.84 Å². The van der Waals surface area contributed by atoms with Crippen molar-refractivity contribution in [3.63, 3.8) is 0 Å². The number of benzene rings is 1. The Labute approximate surface area is 184 Å². The predicted molar refractivity (Wildman–Crippen MR) is 122 cm³/mol. The maximum Gasteiger partial charge on any atom is 0.263 e. The van der Waals surface area contributed by atoms with Crippen molar-refractivity contribution in [2.75, 3.05) is 34.3 Å². The molecule has 1 N–H and O–H groups in total. The summed E-state index contributed by atoms with van der Waals surface area (Å²) in [7, 11) is 5.70. The van der Waals surface area contributed by atoms with Gasteiger partial charge in [0, 0.05) is 28.0 Å². The van der Waals surface area contributed by atoms with E-state index in [1.165, 1.54) is 11.1 Å². The number of halogens is 1. The number of allylic oxidation sites excluding steroid dienone is 1. The molecule has 1 fully saturated rings. The molecule has 154 valence electrons. The van der Waals surface area contributed by atoms with E-state index in [0.717, 1.165) is 57.8 Å². The first-order chi connectivity index (χ1) is 14.0. The van der Waals surface area contributed by atoms with E-state index in [9.17, 15) is 4.79 Å². The van der Waals surface area contributed by atoms with E-state index in [0.29, 0.717) is 6.04 Å². The fourth-order valence-electron chi connectivity index (χ4n) is 4.09. The summed E-state index contributed by atoms with van der Waals surface area (Å²) < 4.78 is 0.976. The average molecular weight is 476 g/mol. The Morgan fingerprint density at radius 2 is 2.07 bits per heavy atom. The lowest BCUT2D eigenvalue weighted by Gasteiger charge is -2.34. The molecule has 2 aromatic rings. The second-order valence-corrected chi connectivity index (χ2v) is 9.64. The summed E-state index contributed by atoms with van der Waals surface area (Å²) in [5, 5.41) is 0. The number of rotatable bonds is 5. The van der Waals surface area contributed by atoms with Crippen LogP contribution in [0.5, 0.6) is 0 Å². The van der Waals surface area contributed by atoms with Crippen molar-refractivity contribution >= 4 is 38.9 Å². The quantitative estimate of drug-likeness (QED) is 0.651. The lowest BCUT2D eigenvalue weighted by Crippen LogP contribution is -2.44. The van der Waals surface area contributed by atoms with Crippen LogP contribution in [0.25, 0.3) is 16.1 Å². The second kappa shape index (κ2) is 8.60. The highest BCUT2D eigenvalue weighted by Crippen LogP contribution is 2.39. The van der Waals surface area contributed by atoms with E-state index in [-0.39, 0.29) is 5.91 Å². The Balaban J connectivity index is 1.53. The molecule has 29 heavy (non-hydrogen) atoms. The molecule has 1 aliphatic heterocycles. The molecule has 2 heterocycles. The van der Waals surface area contributed by atoms with Gasteiger partial charge in [0.15, 0.2) is 0 Å². The van der Waals surface area contributed by atoms with Gasteiger partial charge in [-0.15, -0.1) is 11.3 Å². The Bertz CT molecular complexity index is 948. The number of hydroxylamine groups is 1. The Morgan fingerprint density at radius 3 is 2.79 bits per heavy atom. The predicted octanol–water partition coefficient (Wildman–Crippen LogP) is 4.39. The first-order valence-corrected chi connectivity index (χ1v) is 11.5. The first-order valence-electron chi connectivity index (χ1n) is 9.85. The highest BCUT2D eigenvalue weighted by atomic mass is 79.9. The molecule has 1 aromatic carbocycles. The van der Waals surface area contributed by atoms with Gasteiger partial charge in [0.1, 0.15) is 0 Å². The van der Waals surface area contributed by atoms with Crippen LogP contribution in [0.3, 0.4) is 0 Å². The van der Waals surface area contributed by atoms with Crippen LogP contribution in [0.4, 0.5) is 0 Å². The van der Waals surface area contributed by atoms with Crippen molar-refractivity contribution in [3.8, 4) is 10.4 Å². The fraction of sp³-hybridized carbons (Fsp3) is 0.409. The first kappa shape index (κ1) is 20.6. The Hall–Kier alpha value is -1.67. The maximum absolute atomic E-state index is 13.1. The Morgan fingerprint density at radius 1 is 1.31 bits per heavy atom. The minimum Gasteiger partial charge on any atom is -0.338 e. The summed E-state index contributed by atoms with van der Waals surface area (Å²) in [5.41, 5.74) is 7.51. The van der Waals surface area contributed by atoms with Crippen LogP contribution in [0.2, 0.25) is 0 Å². The lowest BCUT2D eigenvalue weighted by molar-refractivity contribution is 0.0664. The van der Waals surface area contributed by atoms with Crippen LogP contribution in [0.15, 0.2) is 34.8 Å². The average Bonchev–Trinajstić information content (AvgIpc) is 3.31. The minimum atomic E-state index is 0.117. The smallest absolute Gasteiger partial charge is 0.263 e. The molecule has 0 unspecified atom stereocenters. The Kier molecular flexibility index (Phi) is 6.11. The van der Waals surface area contributed by atoms with Gasteiger partial charge in [-0.25, -0.2) is 0 Å². The highest BCUT2D eigenvalue weighted by molar-refractivity contribution is 9.10. The van der Waals surface area contributed by atoms with Crippen LogP contribution in [0, 0.1) is 0 Å². The number of carbonyl (C=O) groups excluding carboxylic acids is 1. The van der Waals surface area contributed by atoms with Crippen molar-refractivity contribution in [1.29, 1.82) is 0 Å². The fourth-order valence-corrected chi connectivity index (χ4v) is 5.97. The molecule has 1 amide bonds. The van der Waals surface area contributed by atoms with Gasteiger partial charge in [0.05, 0.1) is 17.7 Å². The summed E-state index contributed by atoms with van der Waals surface area (Å²) in [6.07, 6.45) is 5.08. The van der Waals surface area contributed by atoms with Crippen LogP contribution in [-0.4, -0.2) is 56.0 Å². The summed E-state index contributed by atoms with van der Waals surface area (Å²) in [5.74, 6) is 0.117. The monoisotopic (exact) mass is 475 g/mol. The summed E-state index contributed by atoms with van der Waals surface area (Å²) >= 11 is 5.24. The van der Waals surface area contributed by atoms with Crippen LogP contribution >= 0.6 is 27.3 Å². The summed E-state index contributed by atoms with van der Waals surface area (Å²) in [6.45, 7) is 2.09. The molecule has 0 spiro atoms. The zero-order chi connectivity index (χ0) is 20.5. The zero-order valence-corrected chi connectivity index (χ0v) is 19.4. The number of likely N-dealkylation sites (tertiary alicyclic amines) is 1. The van der Waals surface area contributed by atoms with Gasteiger partial charge in [0.2, 0.25) is 0 Å². The molecule has 1 saturated heterocycles. The number of nitrogens with zero attached hydrogens (tertiary/aromatic N) is 2. The third kappa shape index (κ3) is 4.14. The van der Waals surface area contributed by atoms with E-state index in [2.05, 4.69) is 57.6 Å². The van der Waals surface area contributed by atoms with E-state index in [1.807, 2.05) is 18.0 Å². The number of carbonyl (C=O) groups is 1. The number of thiophene rings is 1. The highest BCUT2D eigenvalue weighted by Gasteiger charge is 2.26. The zero-order valence-electron chi connectivity index (χ0n) is 17.0. The number of hydrogen-bond acceptors (Lipinski definition) is 5. The molecule has 7 heteroatoms. The van der Waals surface area contributed by atoms with Crippen molar-refractivity contribution in [3.05, 3.63) is 50.8 Å². The van der Waals surface area contributed by atoms with Gasteiger partial charge in [-0.2, -0.15) is 0 Å². The normalized spacial score (nSPS) is 17.2. The molecule has 0 saturated carbocycles. The summed E-state index contributed by atoms with van der Waals surface area (Å²) in [6, 6.07) is 8.73. The van der Waals surface area contributed by atoms with Gasteiger partial charge in [-0.1, -0.05) is 18.2 Å². The van der Waals surface area contributed by atoms with E-state index in [1.54, 1.807) is 18.4 Å². The number of fused-ring (bicyclic) bond motifs is 1. The van der Waals surface area contributed by atoms with Gasteiger partial charge in [-0.3, -0.25) is 15.1 Å². The molecule has 0 bridgehead atoms. The molecule has 1 aromatic heterocycles. The third-order valence-corrected chi connectivity index (χ3v) is 7.91. The topological polar surface area (TPSA) is 44.8 Å². The molecule has 0 radical (unpaired) electrons. The summed E-state index contributed by atoms with van der Waals surface area (Å²) in [4.78, 5) is 24.3. The molecule has 0 atom stereocenters. The molecule has 1 aliphatic carbocycles. The van der Waals surface area contributed by atoms with Crippen molar-refractivity contribution in [2.24, 2.45) is 0 Å². The van der Waals surface area contributed by atoms with E-state index < -0.39 is 0 Å². The van der Waals surface area contributed by atoms with E-state index >= 15 is 0 Å². The minimum absolute atomic E-state index is 0.117. The number of hydrogen-bond donors (Lipinski definition) is 1. The van der Waals surface area contributed by atoms with Crippen molar-refractivity contribution < 1.29 is 9.63 Å². The van der Waals surface area contributed by atoms with Gasteiger partial charge < -0.3 is 9.80 Å². The van der Waals surface area contributed by atoms with Crippen molar-refractivity contribution in [1.82, 2.24) is 15.3 Å². The SMILES string of the molecule is CONC1=CCc2cc(-c3sc(C(=O)N(C)C4CCN(C)CC4)cc3Br)ccc21. The standard InChI is InChI=1S/C22H26BrN3O2S/c1-25-10-8-16(9-11-25)26(2)22(27)20-13-18(23)21(29-20)15-4-6-17-14(12-15)5-7-19(17)24-28-3/h4,6-7,12-13,16,24H,5,8-11H2,1-3H3. The molecule has 2 aliphatic rings. The van der Waals surface area contributed by atoms with Gasteiger partial charge in [0.25, 0.3) is 5.91 Å². The number of amides is 1. The largest absolute Gasteiger partial charge is 0.338 e. The number of piperidine rings is 1. The molecule has 4 rings (SSSR count).